The third kappa shape index (κ3) is 9.63. The number of halogens is 1. The van der Waals surface area contributed by atoms with Crippen molar-refractivity contribution >= 4 is 35.8 Å². The molecule has 0 aliphatic carbocycles. The van der Waals surface area contributed by atoms with E-state index in [0.717, 1.165) is 36.3 Å². The Bertz CT molecular complexity index is 849. The second-order valence-corrected chi connectivity index (χ2v) is 7.67. The number of carbonyl (C=O) groups excluding carboxylic acids is 1. The molecule has 31 heavy (non-hydrogen) atoms. The number of furan rings is 1. The van der Waals surface area contributed by atoms with Crippen molar-refractivity contribution in [2.24, 2.45) is 16.6 Å². The first-order chi connectivity index (χ1) is 14.4. The fraction of sp³-hybridized carbons (Fsp3) is 0.478. The van der Waals surface area contributed by atoms with Crippen LogP contribution in [0.3, 0.4) is 0 Å². The SMILES string of the molecule is CCNC(=NCc1ccc(C)cc1OCCCC(C)C)NCc1ccc(C(N)=O)o1.I. The van der Waals surface area contributed by atoms with Crippen molar-refractivity contribution < 1.29 is 13.9 Å². The number of hydrogen-bond acceptors (Lipinski definition) is 4. The number of primary amides is 1. The van der Waals surface area contributed by atoms with Crippen LogP contribution in [0.2, 0.25) is 0 Å². The lowest BCUT2D eigenvalue weighted by Gasteiger charge is -2.14. The normalized spacial score (nSPS) is 11.2. The van der Waals surface area contributed by atoms with Crippen molar-refractivity contribution in [2.45, 2.75) is 53.6 Å². The molecule has 0 aliphatic heterocycles. The number of benzene rings is 1. The number of rotatable bonds is 11. The summed E-state index contributed by atoms with van der Waals surface area (Å²) in [5, 5.41) is 6.42. The molecule has 0 radical (unpaired) electrons. The third-order valence-corrected chi connectivity index (χ3v) is 4.49. The number of amides is 1. The van der Waals surface area contributed by atoms with Crippen LogP contribution < -0.4 is 21.1 Å². The van der Waals surface area contributed by atoms with Crippen molar-refractivity contribution in [1.82, 2.24) is 10.6 Å². The predicted octanol–water partition coefficient (Wildman–Crippen LogP) is 4.38. The van der Waals surface area contributed by atoms with Crippen LogP contribution in [0.1, 0.15) is 61.1 Å². The van der Waals surface area contributed by atoms with E-state index in [9.17, 15) is 4.79 Å². The molecule has 8 heteroatoms. The number of hydrogen-bond donors (Lipinski definition) is 3. The summed E-state index contributed by atoms with van der Waals surface area (Å²) < 4.78 is 11.4. The number of carbonyl (C=O) groups is 1. The average Bonchev–Trinajstić information content (AvgIpc) is 3.18. The van der Waals surface area contributed by atoms with E-state index < -0.39 is 5.91 Å². The van der Waals surface area contributed by atoms with Crippen molar-refractivity contribution in [3.63, 3.8) is 0 Å². The van der Waals surface area contributed by atoms with Gasteiger partial charge in [-0.1, -0.05) is 26.0 Å². The van der Waals surface area contributed by atoms with Crippen molar-refractivity contribution in [3.05, 3.63) is 53.0 Å². The molecule has 7 nitrogen and oxygen atoms in total. The van der Waals surface area contributed by atoms with Crippen LogP contribution in [0.15, 0.2) is 39.7 Å². The van der Waals surface area contributed by atoms with Gasteiger partial charge in [0.05, 0.1) is 19.7 Å². The number of aliphatic imine (C=N–C) groups is 1. The van der Waals surface area contributed by atoms with Gasteiger partial charge in [-0.05, 0) is 56.4 Å². The van der Waals surface area contributed by atoms with Crippen molar-refractivity contribution in [3.8, 4) is 5.75 Å². The summed E-state index contributed by atoms with van der Waals surface area (Å²) >= 11 is 0. The molecule has 2 aromatic rings. The molecule has 0 bridgehead atoms. The molecule has 0 atom stereocenters. The molecule has 2 rings (SSSR count). The van der Waals surface area contributed by atoms with Gasteiger partial charge in [0, 0.05) is 12.1 Å². The van der Waals surface area contributed by atoms with E-state index in [2.05, 4.69) is 54.6 Å². The Morgan fingerprint density at radius 3 is 2.65 bits per heavy atom. The highest BCUT2D eigenvalue weighted by atomic mass is 127. The van der Waals surface area contributed by atoms with Gasteiger partial charge in [-0.2, -0.15) is 0 Å². The van der Waals surface area contributed by atoms with Gasteiger partial charge in [0.1, 0.15) is 11.5 Å². The van der Waals surface area contributed by atoms with Gasteiger partial charge in [-0.15, -0.1) is 24.0 Å². The zero-order valence-corrected chi connectivity index (χ0v) is 21.2. The highest BCUT2D eigenvalue weighted by Crippen LogP contribution is 2.22. The molecular formula is C23H35IN4O3. The maximum atomic E-state index is 11.2. The molecule has 1 heterocycles. The van der Waals surface area contributed by atoms with E-state index in [0.29, 0.717) is 37.3 Å². The van der Waals surface area contributed by atoms with Crippen LogP contribution >= 0.6 is 24.0 Å². The molecule has 0 spiro atoms. The van der Waals surface area contributed by atoms with E-state index in [-0.39, 0.29) is 29.7 Å². The van der Waals surface area contributed by atoms with E-state index in [4.69, 9.17) is 14.9 Å². The first-order valence-corrected chi connectivity index (χ1v) is 10.5. The quantitative estimate of drug-likeness (QED) is 0.169. The number of ether oxygens (including phenoxy) is 1. The van der Waals surface area contributed by atoms with Crippen molar-refractivity contribution in [1.29, 1.82) is 0 Å². The Hall–Kier alpha value is -2.23. The van der Waals surface area contributed by atoms with Crippen molar-refractivity contribution in [2.75, 3.05) is 13.2 Å². The van der Waals surface area contributed by atoms with Crippen LogP contribution in [0.25, 0.3) is 0 Å². The smallest absolute Gasteiger partial charge is 0.284 e. The highest BCUT2D eigenvalue weighted by Gasteiger charge is 2.09. The first-order valence-electron chi connectivity index (χ1n) is 10.5. The molecule has 0 unspecified atom stereocenters. The number of guanidine groups is 1. The molecule has 172 valence electrons. The lowest BCUT2D eigenvalue weighted by molar-refractivity contribution is 0.0972. The van der Waals surface area contributed by atoms with Crippen LogP contribution in [0.4, 0.5) is 0 Å². The minimum absolute atomic E-state index is 0. The van der Waals surface area contributed by atoms with Crippen LogP contribution in [0.5, 0.6) is 5.75 Å². The molecule has 1 amide bonds. The third-order valence-electron chi connectivity index (χ3n) is 4.49. The Labute approximate surface area is 202 Å². The minimum Gasteiger partial charge on any atom is -0.493 e. The molecule has 4 N–H and O–H groups in total. The fourth-order valence-electron chi connectivity index (χ4n) is 2.88. The summed E-state index contributed by atoms with van der Waals surface area (Å²) in [4.78, 5) is 15.8. The first kappa shape index (κ1) is 26.8. The topological polar surface area (TPSA) is 102 Å². The lowest BCUT2D eigenvalue weighted by Crippen LogP contribution is -2.36. The average molecular weight is 542 g/mol. The standard InChI is InChI=1S/C23H34N4O3.HI/c1-5-25-23(27-15-19-10-11-20(30-19)22(24)28)26-14-18-9-8-17(4)13-21(18)29-12-6-7-16(2)3;/h8-11,13,16H,5-7,12,14-15H2,1-4H3,(H2,24,28)(H2,25,26,27);1H. The van der Waals surface area contributed by atoms with E-state index in [1.54, 1.807) is 12.1 Å². The van der Waals surface area contributed by atoms with Gasteiger partial charge in [-0.25, -0.2) is 4.99 Å². The zero-order valence-electron chi connectivity index (χ0n) is 18.9. The number of nitrogens with zero attached hydrogens (tertiary/aromatic N) is 1. The molecule has 1 aromatic carbocycles. The predicted molar refractivity (Wildman–Crippen MR) is 135 cm³/mol. The highest BCUT2D eigenvalue weighted by molar-refractivity contribution is 14.0. The van der Waals surface area contributed by atoms with Gasteiger partial charge in [-0.3, -0.25) is 4.79 Å². The Kier molecular flexibility index (Phi) is 12.1. The molecule has 0 saturated carbocycles. The number of nitrogens with two attached hydrogens (primary N) is 1. The molecule has 0 saturated heterocycles. The number of nitrogens with one attached hydrogen (secondary N) is 2. The Balaban J connectivity index is 0.00000480. The van der Waals surface area contributed by atoms with Crippen LogP contribution in [-0.2, 0) is 13.1 Å². The summed E-state index contributed by atoms with van der Waals surface area (Å²) in [7, 11) is 0. The largest absolute Gasteiger partial charge is 0.493 e. The number of aryl methyl sites for hydroxylation is 1. The summed E-state index contributed by atoms with van der Waals surface area (Å²) in [5.74, 6) is 2.39. The van der Waals surface area contributed by atoms with Gasteiger partial charge >= 0.3 is 0 Å². The van der Waals surface area contributed by atoms with E-state index >= 15 is 0 Å². The molecule has 0 fully saturated rings. The van der Waals surface area contributed by atoms with Gasteiger partial charge in [0.15, 0.2) is 11.7 Å². The maximum absolute atomic E-state index is 11.2. The Morgan fingerprint density at radius 1 is 1.23 bits per heavy atom. The Morgan fingerprint density at radius 2 is 2.00 bits per heavy atom. The molecule has 0 aliphatic rings. The fourth-order valence-corrected chi connectivity index (χ4v) is 2.88. The second kappa shape index (κ2) is 14.0. The van der Waals surface area contributed by atoms with Gasteiger partial charge in [0.25, 0.3) is 5.91 Å². The maximum Gasteiger partial charge on any atom is 0.284 e. The summed E-state index contributed by atoms with van der Waals surface area (Å²) in [6.07, 6.45) is 2.19. The van der Waals surface area contributed by atoms with Crippen LogP contribution in [-0.4, -0.2) is 25.0 Å². The molecule has 1 aromatic heterocycles. The summed E-state index contributed by atoms with van der Waals surface area (Å²) in [5.41, 5.74) is 7.42. The lowest BCUT2D eigenvalue weighted by atomic mass is 10.1. The zero-order chi connectivity index (χ0) is 21.9. The summed E-state index contributed by atoms with van der Waals surface area (Å²) in [6, 6.07) is 9.49. The second-order valence-electron chi connectivity index (χ2n) is 7.67. The van der Waals surface area contributed by atoms with Gasteiger partial charge in [0.2, 0.25) is 0 Å². The summed E-state index contributed by atoms with van der Waals surface area (Å²) in [6.45, 7) is 10.8. The van der Waals surface area contributed by atoms with E-state index in [1.165, 1.54) is 0 Å². The minimum atomic E-state index is -0.581. The molecular weight excluding hydrogens is 507 g/mol. The van der Waals surface area contributed by atoms with Crippen LogP contribution in [0, 0.1) is 12.8 Å². The monoisotopic (exact) mass is 542 g/mol. The van der Waals surface area contributed by atoms with Gasteiger partial charge < -0.3 is 25.5 Å². The van der Waals surface area contributed by atoms with E-state index in [1.807, 2.05) is 6.92 Å².